The molecule has 0 bridgehead atoms. The van der Waals surface area contributed by atoms with Gasteiger partial charge >= 0.3 is 0 Å². The summed E-state index contributed by atoms with van der Waals surface area (Å²) in [5.41, 5.74) is 0.548. The van der Waals surface area contributed by atoms with Gasteiger partial charge in [-0.3, -0.25) is 9.69 Å². The van der Waals surface area contributed by atoms with Gasteiger partial charge in [-0.1, -0.05) is 11.6 Å². The molecule has 2 rings (SSSR count). The highest BCUT2D eigenvalue weighted by Gasteiger charge is 2.22. The van der Waals surface area contributed by atoms with E-state index in [4.69, 9.17) is 11.6 Å². The first-order valence-corrected chi connectivity index (χ1v) is 10.2. The number of hydrogen-bond donors (Lipinski definition) is 1. The van der Waals surface area contributed by atoms with E-state index in [2.05, 4.69) is 23.4 Å². The zero-order chi connectivity index (χ0) is 17.5. The third kappa shape index (κ3) is 5.94. The molecule has 134 valence electrons. The smallest absolute Gasteiger partial charge is 0.224 e. The lowest BCUT2D eigenvalue weighted by atomic mass is 9.91. The Kier molecular flexibility index (Phi) is 7.85. The number of nitrogens with one attached hydrogen (secondary N) is 1. The molecule has 1 fully saturated rings. The van der Waals surface area contributed by atoms with Crippen molar-refractivity contribution in [2.75, 3.05) is 30.4 Å². The lowest BCUT2D eigenvalue weighted by molar-refractivity contribution is -0.116. The first kappa shape index (κ1) is 19.5. The number of anilines is 1. The van der Waals surface area contributed by atoms with E-state index >= 15 is 0 Å². The van der Waals surface area contributed by atoms with E-state index < -0.39 is 5.82 Å². The second-order valence-electron chi connectivity index (χ2n) is 6.50. The molecule has 0 radical (unpaired) electrons. The minimum absolute atomic E-state index is 0.0273. The van der Waals surface area contributed by atoms with Gasteiger partial charge in [0, 0.05) is 23.9 Å². The summed E-state index contributed by atoms with van der Waals surface area (Å²) in [6.45, 7) is 4.54. The first-order chi connectivity index (χ1) is 11.5. The Hall–Kier alpha value is -0.780. The molecule has 0 aliphatic carbocycles. The van der Waals surface area contributed by atoms with Gasteiger partial charge in [0.1, 0.15) is 5.82 Å². The largest absolute Gasteiger partial charge is 0.326 e. The molecule has 1 aromatic carbocycles. The maximum Gasteiger partial charge on any atom is 0.224 e. The summed E-state index contributed by atoms with van der Waals surface area (Å²) in [7, 11) is 0. The second kappa shape index (κ2) is 9.64. The number of carbonyl (C=O) groups excluding carboxylic acids is 1. The Labute approximate surface area is 153 Å². The summed E-state index contributed by atoms with van der Waals surface area (Å²) in [5.74, 6) is 1.28. The van der Waals surface area contributed by atoms with Gasteiger partial charge in [0.05, 0.1) is 5.02 Å². The van der Waals surface area contributed by atoms with Gasteiger partial charge < -0.3 is 5.32 Å². The normalized spacial score (nSPS) is 17.7. The molecule has 1 heterocycles. The molecule has 1 N–H and O–H groups in total. The van der Waals surface area contributed by atoms with E-state index in [0.29, 0.717) is 24.1 Å². The highest BCUT2D eigenvalue weighted by atomic mass is 35.5. The molecular formula is C18H26ClFN2OS. The third-order valence-corrected chi connectivity index (χ3v) is 5.77. The van der Waals surface area contributed by atoms with Crippen LogP contribution < -0.4 is 5.32 Å². The zero-order valence-electron chi connectivity index (χ0n) is 14.4. The third-order valence-electron chi connectivity index (χ3n) is 4.66. The average Bonchev–Trinajstić information content (AvgIpc) is 2.57. The van der Waals surface area contributed by atoms with Gasteiger partial charge in [-0.15, -0.1) is 0 Å². The molecule has 1 atom stereocenters. The standard InChI is InChI=1S/C18H26ClFN2OS/c1-13(12-24-2)22-9-7-14(8-10-22)3-6-18(23)21-15-4-5-17(20)16(19)11-15/h4-5,11,13-14H,3,6-10,12H2,1-2H3,(H,21,23). The molecule has 0 aromatic heterocycles. The summed E-state index contributed by atoms with van der Waals surface area (Å²) in [5, 5.41) is 2.82. The molecule has 6 heteroatoms. The van der Waals surface area contributed by atoms with Crippen LogP contribution in [0.1, 0.15) is 32.6 Å². The van der Waals surface area contributed by atoms with E-state index in [1.54, 1.807) is 0 Å². The number of carbonyl (C=O) groups is 1. The Morgan fingerprint density at radius 2 is 2.17 bits per heavy atom. The summed E-state index contributed by atoms with van der Waals surface area (Å²) >= 11 is 7.62. The van der Waals surface area contributed by atoms with Crippen LogP contribution >= 0.6 is 23.4 Å². The van der Waals surface area contributed by atoms with Crippen LogP contribution in [-0.2, 0) is 4.79 Å². The topological polar surface area (TPSA) is 32.3 Å². The van der Waals surface area contributed by atoms with Crippen LogP contribution in [-0.4, -0.2) is 41.9 Å². The average molecular weight is 373 g/mol. The number of likely N-dealkylation sites (tertiary alicyclic amines) is 1. The number of rotatable bonds is 7. The van der Waals surface area contributed by atoms with Gasteiger partial charge in [-0.2, -0.15) is 11.8 Å². The first-order valence-electron chi connectivity index (χ1n) is 8.47. The van der Waals surface area contributed by atoms with Crippen LogP contribution in [0.4, 0.5) is 10.1 Å². The molecule has 1 aliphatic heterocycles. The molecule has 24 heavy (non-hydrogen) atoms. The van der Waals surface area contributed by atoms with Crippen molar-refractivity contribution in [3.05, 3.63) is 29.0 Å². The highest BCUT2D eigenvalue weighted by molar-refractivity contribution is 7.98. The van der Waals surface area contributed by atoms with Gasteiger partial charge in [-0.25, -0.2) is 4.39 Å². The SMILES string of the molecule is CSCC(C)N1CCC(CCC(=O)Nc2ccc(F)c(Cl)c2)CC1. The lowest BCUT2D eigenvalue weighted by Crippen LogP contribution is -2.41. The van der Waals surface area contributed by atoms with E-state index in [0.717, 1.165) is 32.4 Å². The van der Waals surface area contributed by atoms with Gasteiger partial charge in [0.25, 0.3) is 0 Å². The second-order valence-corrected chi connectivity index (χ2v) is 7.82. The molecule has 1 aromatic rings. The van der Waals surface area contributed by atoms with Crippen molar-refractivity contribution >= 4 is 35.0 Å². The number of piperidine rings is 1. The van der Waals surface area contributed by atoms with Crippen LogP contribution in [0.3, 0.4) is 0 Å². The Balaban J connectivity index is 1.70. The molecular weight excluding hydrogens is 347 g/mol. The molecule has 0 spiro atoms. The molecule has 1 amide bonds. The number of hydrogen-bond acceptors (Lipinski definition) is 3. The van der Waals surface area contributed by atoms with Crippen molar-refractivity contribution in [2.24, 2.45) is 5.92 Å². The summed E-state index contributed by atoms with van der Waals surface area (Å²) < 4.78 is 13.1. The van der Waals surface area contributed by atoms with Crippen molar-refractivity contribution in [2.45, 2.75) is 38.6 Å². The highest BCUT2D eigenvalue weighted by Crippen LogP contribution is 2.24. The summed E-state index contributed by atoms with van der Waals surface area (Å²) in [6.07, 6.45) is 5.88. The zero-order valence-corrected chi connectivity index (χ0v) is 15.9. The fourth-order valence-electron chi connectivity index (χ4n) is 3.16. The molecule has 3 nitrogen and oxygen atoms in total. The van der Waals surface area contributed by atoms with E-state index in [1.807, 2.05) is 11.8 Å². The fourth-order valence-corrected chi connectivity index (χ4v) is 4.04. The summed E-state index contributed by atoms with van der Waals surface area (Å²) in [6, 6.07) is 4.88. The van der Waals surface area contributed by atoms with Crippen molar-refractivity contribution in [3.8, 4) is 0 Å². The fraction of sp³-hybridized carbons (Fsp3) is 0.611. The summed E-state index contributed by atoms with van der Waals surface area (Å²) in [4.78, 5) is 14.6. The number of thioether (sulfide) groups is 1. The quantitative estimate of drug-likeness (QED) is 0.755. The van der Waals surface area contributed by atoms with Gasteiger partial charge in [-0.05, 0) is 69.6 Å². The minimum atomic E-state index is -0.475. The van der Waals surface area contributed by atoms with Gasteiger partial charge in [0.15, 0.2) is 0 Å². The maximum absolute atomic E-state index is 13.1. The van der Waals surface area contributed by atoms with Crippen molar-refractivity contribution < 1.29 is 9.18 Å². The van der Waals surface area contributed by atoms with Crippen molar-refractivity contribution in [3.63, 3.8) is 0 Å². The Morgan fingerprint density at radius 1 is 1.46 bits per heavy atom. The minimum Gasteiger partial charge on any atom is -0.326 e. The lowest BCUT2D eigenvalue weighted by Gasteiger charge is -2.35. The van der Waals surface area contributed by atoms with Crippen molar-refractivity contribution in [1.82, 2.24) is 4.90 Å². The van der Waals surface area contributed by atoms with Crippen LogP contribution in [0.2, 0.25) is 5.02 Å². The molecule has 0 saturated carbocycles. The van der Waals surface area contributed by atoms with Crippen LogP contribution in [0, 0.1) is 11.7 Å². The van der Waals surface area contributed by atoms with Crippen LogP contribution in [0.15, 0.2) is 18.2 Å². The molecule has 1 aliphatic rings. The van der Waals surface area contributed by atoms with Crippen molar-refractivity contribution in [1.29, 1.82) is 0 Å². The van der Waals surface area contributed by atoms with E-state index in [1.165, 1.54) is 24.0 Å². The maximum atomic E-state index is 13.1. The number of amides is 1. The number of benzene rings is 1. The van der Waals surface area contributed by atoms with Crippen LogP contribution in [0.5, 0.6) is 0 Å². The molecule has 1 unspecified atom stereocenters. The Bertz CT molecular complexity index is 550. The molecule has 1 saturated heterocycles. The predicted molar refractivity (Wildman–Crippen MR) is 101 cm³/mol. The Morgan fingerprint density at radius 3 is 2.79 bits per heavy atom. The van der Waals surface area contributed by atoms with E-state index in [-0.39, 0.29) is 10.9 Å². The van der Waals surface area contributed by atoms with Crippen LogP contribution in [0.25, 0.3) is 0 Å². The van der Waals surface area contributed by atoms with E-state index in [9.17, 15) is 9.18 Å². The number of nitrogens with zero attached hydrogens (tertiary/aromatic N) is 1. The predicted octanol–water partition coefficient (Wildman–Crippen LogP) is 4.66. The monoisotopic (exact) mass is 372 g/mol. The van der Waals surface area contributed by atoms with Gasteiger partial charge in [0.2, 0.25) is 5.91 Å². The number of halogens is 2.